The Bertz CT molecular complexity index is 1880. The second-order valence-corrected chi connectivity index (χ2v) is 10.5. The van der Waals surface area contributed by atoms with Crippen molar-refractivity contribution < 1.29 is 9.47 Å². The molecule has 0 spiro atoms. The number of fused-ring (bicyclic) bond motifs is 4. The molecule has 0 N–H and O–H groups in total. The highest BCUT2D eigenvalue weighted by molar-refractivity contribution is 5.86. The number of hydrogen-bond donors (Lipinski definition) is 0. The number of hydrogen-bond acceptors (Lipinski definition) is 5. The number of nitriles is 2. The first-order valence-corrected chi connectivity index (χ1v) is 13.1. The summed E-state index contributed by atoms with van der Waals surface area (Å²) < 4.78 is 12.6. The summed E-state index contributed by atoms with van der Waals surface area (Å²) in [5.41, 5.74) is 8.04. The molecule has 0 aliphatic carbocycles. The van der Waals surface area contributed by atoms with Gasteiger partial charge in [-0.15, -0.1) is 0 Å². The molecule has 0 saturated heterocycles. The van der Waals surface area contributed by atoms with E-state index >= 15 is 0 Å². The number of anilines is 3. The molecule has 0 atom stereocenters. The van der Waals surface area contributed by atoms with Gasteiger partial charge in [-0.25, -0.2) is 0 Å². The van der Waals surface area contributed by atoms with Crippen molar-refractivity contribution in [3.8, 4) is 46.3 Å². The highest BCUT2D eigenvalue weighted by atomic mass is 16.6. The molecule has 5 aromatic carbocycles. The van der Waals surface area contributed by atoms with Crippen molar-refractivity contribution in [1.82, 2.24) is 0 Å². The number of benzene rings is 5. The van der Waals surface area contributed by atoms with E-state index in [9.17, 15) is 10.5 Å². The molecule has 0 saturated carbocycles. The van der Waals surface area contributed by atoms with Crippen molar-refractivity contribution in [1.29, 1.82) is 10.5 Å². The molecule has 5 heteroatoms. The molecule has 5 aromatic rings. The molecule has 190 valence electrons. The van der Waals surface area contributed by atoms with Gasteiger partial charge in [0.25, 0.3) is 0 Å². The van der Waals surface area contributed by atoms with Gasteiger partial charge in [0.05, 0.1) is 40.3 Å². The molecule has 0 unspecified atom stereocenters. The standard InChI is InChI=1S/C35H23N3O2/c1-35(2)27-7-3-5-9-29(27)38(30-10-6-4-8-28(30)35)25-13-16-32-34(19-25)40-33-18-23(12-15-31(33)39-32)26-14-11-22(20-36)17-24(26)21-37/h3-19H,1-2H3. The average Bonchev–Trinajstić information content (AvgIpc) is 2.99. The third-order valence-electron chi connectivity index (χ3n) is 7.79. The van der Waals surface area contributed by atoms with Crippen LogP contribution in [0, 0.1) is 22.7 Å². The quantitative estimate of drug-likeness (QED) is 0.229. The first-order valence-electron chi connectivity index (χ1n) is 13.1. The summed E-state index contributed by atoms with van der Waals surface area (Å²) in [7, 11) is 0. The second kappa shape index (κ2) is 8.76. The van der Waals surface area contributed by atoms with Gasteiger partial charge in [-0.3, -0.25) is 0 Å². The first kappa shape index (κ1) is 23.6. The van der Waals surface area contributed by atoms with Gasteiger partial charge in [0.15, 0.2) is 23.0 Å². The Kier molecular flexibility index (Phi) is 5.17. The second-order valence-electron chi connectivity index (χ2n) is 10.5. The Labute approximate surface area is 232 Å². The summed E-state index contributed by atoms with van der Waals surface area (Å²) >= 11 is 0. The van der Waals surface area contributed by atoms with Crippen LogP contribution >= 0.6 is 0 Å². The molecule has 0 bridgehead atoms. The van der Waals surface area contributed by atoms with Crippen LogP contribution in [0.25, 0.3) is 11.1 Å². The van der Waals surface area contributed by atoms with E-state index in [0.717, 1.165) is 28.2 Å². The van der Waals surface area contributed by atoms with Crippen molar-refractivity contribution in [2.45, 2.75) is 19.3 Å². The third kappa shape index (κ3) is 3.53. The van der Waals surface area contributed by atoms with Crippen LogP contribution in [0.5, 0.6) is 23.0 Å². The zero-order valence-corrected chi connectivity index (χ0v) is 22.0. The lowest BCUT2D eigenvalue weighted by Crippen LogP contribution is -2.30. The van der Waals surface area contributed by atoms with E-state index in [0.29, 0.717) is 34.1 Å². The topological polar surface area (TPSA) is 69.3 Å². The van der Waals surface area contributed by atoms with Gasteiger partial charge in [0.2, 0.25) is 0 Å². The van der Waals surface area contributed by atoms with Crippen LogP contribution in [0.2, 0.25) is 0 Å². The van der Waals surface area contributed by atoms with Gasteiger partial charge in [0.1, 0.15) is 0 Å². The molecule has 5 nitrogen and oxygen atoms in total. The van der Waals surface area contributed by atoms with Crippen LogP contribution in [0.3, 0.4) is 0 Å². The number of nitrogens with zero attached hydrogens (tertiary/aromatic N) is 3. The molecule has 0 aromatic heterocycles. The van der Waals surface area contributed by atoms with E-state index < -0.39 is 0 Å². The Hall–Kier alpha value is -5.52. The first-order chi connectivity index (χ1) is 19.5. The predicted octanol–water partition coefficient (Wildman–Crippen LogP) is 9.10. The van der Waals surface area contributed by atoms with Crippen molar-refractivity contribution in [2.75, 3.05) is 4.90 Å². The molecule has 2 aliphatic heterocycles. The molecule has 0 amide bonds. The van der Waals surface area contributed by atoms with Crippen molar-refractivity contribution in [2.24, 2.45) is 0 Å². The molecule has 7 rings (SSSR count). The molecule has 40 heavy (non-hydrogen) atoms. The van der Waals surface area contributed by atoms with E-state index in [1.54, 1.807) is 18.2 Å². The van der Waals surface area contributed by atoms with Crippen molar-refractivity contribution in [3.63, 3.8) is 0 Å². The van der Waals surface area contributed by atoms with E-state index in [-0.39, 0.29) is 5.41 Å². The maximum atomic E-state index is 9.67. The largest absolute Gasteiger partial charge is 0.450 e. The Morgan fingerprint density at radius 2 is 1.25 bits per heavy atom. The van der Waals surface area contributed by atoms with Gasteiger partial charge in [-0.1, -0.05) is 62.4 Å². The summed E-state index contributed by atoms with van der Waals surface area (Å²) in [6.45, 7) is 4.54. The van der Waals surface area contributed by atoms with E-state index in [1.807, 2.05) is 30.3 Å². The molecular formula is C35H23N3O2. The molecule has 2 heterocycles. The SMILES string of the molecule is CC1(C)c2ccccc2N(c2ccc3c(c2)Oc2cc(-c4ccc(C#N)cc4C#N)ccc2O3)c2ccccc21. The van der Waals surface area contributed by atoms with Crippen molar-refractivity contribution >= 4 is 17.1 Å². The maximum absolute atomic E-state index is 9.67. The van der Waals surface area contributed by atoms with Crippen LogP contribution in [0.4, 0.5) is 17.1 Å². The normalized spacial score (nSPS) is 13.8. The summed E-state index contributed by atoms with van der Waals surface area (Å²) in [4.78, 5) is 2.28. The number of ether oxygens (including phenoxy) is 2. The minimum Gasteiger partial charge on any atom is -0.450 e. The van der Waals surface area contributed by atoms with Gasteiger partial charge in [-0.2, -0.15) is 10.5 Å². The molecule has 0 fully saturated rings. The van der Waals surface area contributed by atoms with E-state index in [4.69, 9.17) is 9.47 Å². The Balaban J connectivity index is 1.30. The smallest absolute Gasteiger partial charge is 0.172 e. The minimum atomic E-state index is -0.138. The van der Waals surface area contributed by atoms with Crippen LogP contribution in [-0.2, 0) is 5.41 Å². The van der Waals surface area contributed by atoms with Crippen LogP contribution < -0.4 is 14.4 Å². The minimum absolute atomic E-state index is 0.138. The molecule has 2 aliphatic rings. The van der Waals surface area contributed by atoms with E-state index in [2.05, 4.69) is 85.5 Å². The zero-order chi connectivity index (χ0) is 27.4. The van der Waals surface area contributed by atoms with E-state index in [1.165, 1.54) is 11.1 Å². The van der Waals surface area contributed by atoms with Crippen LogP contribution in [0.15, 0.2) is 103 Å². The third-order valence-corrected chi connectivity index (χ3v) is 7.79. The fourth-order valence-corrected chi connectivity index (χ4v) is 5.78. The van der Waals surface area contributed by atoms with Gasteiger partial charge in [0, 0.05) is 11.5 Å². The molecule has 0 radical (unpaired) electrons. The summed E-state index contributed by atoms with van der Waals surface area (Å²) in [5, 5.41) is 18.9. The fraction of sp³-hybridized carbons (Fsp3) is 0.0857. The monoisotopic (exact) mass is 517 g/mol. The van der Waals surface area contributed by atoms with Crippen molar-refractivity contribution in [3.05, 3.63) is 125 Å². The lowest BCUT2D eigenvalue weighted by Gasteiger charge is -2.42. The highest BCUT2D eigenvalue weighted by Gasteiger charge is 2.36. The lowest BCUT2D eigenvalue weighted by molar-refractivity contribution is 0.360. The summed E-state index contributed by atoms with van der Waals surface area (Å²) in [6, 6.07) is 38.1. The number of para-hydroxylation sites is 2. The van der Waals surface area contributed by atoms with Crippen LogP contribution in [0.1, 0.15) is 36.1 Å². The fourth-order valence-electron chi connectivity index (χ4n) is 5.78. The number of rotatable bonds is 2. The Morgan fingerprint density at radius 1 is 0.625 bits per heavy atom. The van der Waals surface area contributed by atoms with Gasteiger partial charge < -0.3 is 14.4 Å². The van der Waals surface area contributed by atoms with Gasteiger partial charge in [-0.05, 0) is 70.8 Å². The average molecular weight is 518 g/mol. The van der Waals surface area contributed by atoms with Gasteiger partial charge >= 0.3 is 0 Å². The lowest BCUT2D eigenvalue weighted by atomic mass is 9.73. The maximum Gasteiger partial charge on any atom is 0.172 e. The highest BCUT2D eigenvalue weighted by Crippen LogP contribution is 2.54. The summed E-state index contributed by atoms with van der Waals surface area (Å²) in [6.07, 6.45) is 0. The zero-order valence-electron chi connectivity index (χ0n) is 22.0. The molecular weight excluding hydrogens is 494 g/mol. The Morgan fingerprint density at radius 3 is 1.93 bits per heavy atom. The summed E-state index contributed by atoms with van der Waals surface area (Å²) in [5.74, 6) is 2.42. The van der Waals surface area contributed by atoms with Crippen LogP contribution in [-0.4, -0.2) is 0 Å². The predicted molar refractivity (Wildman–Crippen MR) is 155 cm³/mol.